The van der Waals surface area contributed by atoms with E-state index in [1.165, 1.54) is 6.42 Å². The van der Waals surface area contributed by atoms with Gasteiger partial charge >= 0.3 is 5.97 Å². The van der Waals surface area contributed by atoms with Crippen LogP contribution >= 0.6 is 0 Å². The molecule has 1 heterocycles. The number of hydrogen-bond donors (Lipinski definition) is 1. The van der Waals surface area contributed by atoms with Crippen LogP contribution in [0.3, 0.4) is 0 Å². The van der Waals surface area contributed by atoms with E-state index in [-0.39, 0.29) is 6.04 Å². The summed E-state index contributed by atoms with van der Waals surface area (Å²) in [6.45, 7) is 0. The lowest BCUT2D eigenvalue weighted by Gasteiger charge is -2.28. The number of carboxylic acid groups (broad SMARTS) is 1. The van der Waals surface area contributed by atoms with E-state index in [9.17, 15) is 4.79 Å². The first-order valence-electron chi connectivity index (χ1n) is 4.15. The normalized spacial score (nSPS) is 43.2. The van der Waals surface area contributed by atoms with Gasteiger partial charge < -0.3 is 5.11 Å². The molecular weight excluding hydrogens is 142 g/mol. The zero-order valence-electron chi connectivity index (χ0n) is 6.66. The van der Waals surface area contributed by atoms with E-state index in [2.05, 4.69) is 0 Å². The maximum absolute atomic E-state index is 10.7. The van der Waals surface area contributed by atoms with Crippen LogP contribution in [-0.2, 0) is 4.79 Å². The number of rotatable bonds is 1. The Balaban J connectivity index is 2.05. The Morgan fingerprint density at radius 1 is 1.55 bits per heavy atom. The van der Waals surface area contributed by atoms with Gasteiger partial charge in [0.2, 0.25) is 0 Å². The summed E-state index contributed by atoms with van der Waals surface area (Å²) in [5, 5.41) is 8.80. The number of nitrogens with zero attached hydrogens (tertiary/aromatic N) is 1. The third kappa shape index (κ3) is 1.03. The minimum atomic E-state index is -0.655. The fourth-order valence-electron chi connectivity index (χ4n) is 2.15. The summed E-state index contributed by atoms with van der Waals surface area (Å²) in [5.74, 6) is 0.161. The maximum Gasteiger partial charge on any atom is 0.320 e. The first-order valence-corrected chi connectivity index (χ1v) is 4.15. The Hall–Kier alpha value is -0.570. The van der Waals surface area contributed by atoms with Gasteiger partial charge in [0.1, 0.15) is 6.04 Å². The molecule has 3 atom stereocenters. The van der Waals surface area contributed by atoms with E-state index >= 15 is 0 Å². The molecule has 2 fully saturated rings. The van der Waals surface area contributed by atoms with Crippen LogP contribution in [0.5, 0.6) is 0 Å². The fourth-order valence-corrected chi connectivity index (χ4v) is 2.15. The number of likely N-dealkylation sites (tertiary alicyclic amines) is 1. The largest absolute Gasteiger partial charge is 0.480 e. The summed E-state index contributed by atoms with van der Waals surface area (Å²) in [6, 6.07) is 0.378. The Morgan fingerprint density at radius 2 is 2.27 bits per heavy atom. The van der Waals surface area contributed by atoms with Crippen LogP contribution in [0.15, 0.2) is 0 Å². The predicted molar refractivity (Wildman–Crippen MR) is 40.3 cm³/mol. The molecule has 11 heavy (non-hydrogen) atoms. The Labute approximate surface area is 66.0 Å². The van der Waals surface area contributed by atoms with Crippen molar-refractivity contribution >= 4 is 5.97 Å². The number of piperidine rings is 1. The van der Waals surface area contributed by atoms with E-state index < -0.39 is 5.97 Å². The van der Waals surface area contributed by atoms with E-state index in [4.69, 9.17) is 5.11 Å². The van der Waals surface area contributed by atoms with Crippen molar-refractivity contribution in [2.24, 2.45) is 5.92 Å². The molecule has 0 radical (unpaired) electrons. The van der Waals surface area contributed by atoms with Crippen molar-refractivity contribution in [3.8, 4) is 0 Å². The number of carboxylic acids is 1. The number of likely N-dealkylation sites (N-methyl/N-ethyl adjacent to an activating group) is 1. The molecule has 0 spiro atoms. The summed E-state index contributed by atoms with van der Waals surface area (Å²) < 4.78 is 0. The molecule has 1 aliphatic carbocycles. The molecule has 1 aliphatic heterocycles. The van der Waals surface area contributed by atoms with Crippen molar-refractivity contribution in [1.82, 2.24) is 4.90 Å². The van der Waals surface area contributed by atoms with Gasteiger partial charge in [-0.15, -0.1) is 0 Å². The van der Waals surface area contributed by atoms with E-state index in [1.54, 1.807) is 0 Å². The standard InChI is InChI=1S/C8H13NO2/c1-9-6(8(10)11)3-2-5-4-7(5)9/h5-7H,2-4H2,1H3,(H,10,11)/t5-,6-,7+/m0/s1. The molecule has 3 heteroatoms. The van der Waals surface area contributed by atoms with Crippen LogP contribution in [0.2, 0.25) is 0 Å². The molecule has 3 nitrogen and oxygen atoms in total. The number of carbonyl (C=O) groups is 1. The van der Waals surface area contributed by atoms with Crippen molar-refractivity contribution in [3.63, 3.8) is 0 Å². The monoisotopic (exact) mass is 155 g/mol. The Morgan fingerprint density at radius 3 is 2.91 bits per heavy atom. The maximum atomic E-state index is 10.7. The second-order valence-corrected chi connectivity index (χ2v) is 3.66. The van der Waals surface area contributed by atoms with Crippen LogP contribution in [0, 0.1) is 5.92 Å². The molecular formula is C8H13NO2. The van der Waals surface area contributed by atoms with Gasteiger partial charge in [0.05, 0.1) is 0 Å². The van der Waals surface area contributed by atoms with Gasteiger partial charge in [-0.1, -0.05) is 0 Å². The zero-order valence-corrected chi connectivity index (χ0v) is 6.66. The molecule has 1 saturated carbocycles. The molecule has 0 aromatic carbocycles. The average Bonchev–Trinajstić information content (AvgIpc) is 2.66. The molecule has 1 N–H and O–H groups in total. The van der Waals surface area contributed by atoms with Gasteiger partial charge in [0.25, 0.3) is 0 Å². The minimum Gasteiger partial charge on any atom is -0.480 e. The zero-order chi connectivity index (χ0) is 8.01. The molecule has 1 saturated heterocycles. The summed E-state index contributed by atoms with van der Waals surface area (Å²) in [5.41, 5.74) is 0. The van der Waals surface area contributed by atoms with Crippen molar-refractivity contribution in [1.29, 1.82) is 0 Å². The summed E-state index contributed by atoms with van der Waals surface area (Å²) in [7, 11) is 1.93. The number of fused-ring (bicyclic) bond motifs is 1. The third-order valence-electron chi connectivity index (χ3n) is 3.00. The average molecular weight is 155 g/mol. The molecule has 2 rings (SSSR count). The smallest absolute Gasteiger partial charge is 0.320 e. The van der Waals surface area contributed by atoms with E-state index in [0.717, 1.165) is 18.8 Å². The highest BCUT2D eigenvalue weighted by Gasteiger charge is 2.47. The Kier molecular flexibility index (Phi) is 1.42. The van der Waals surface area contributed by atoms with Gasteiger partial charge in [0, 0.05) is 6.04 Å². The topological polar surface area (TPSA) is 40.5 Å². The highest BCUT2D eigenvalue weighted by molar-refractivity contribution is 5.73. The third-order valence-corrected chi connectivity index (χ3v) is 3.00. The minimum absolute atomic E-state index is 0.209. The van der Waals surface area contributed by atoms with Gasteiger partial charge in [-0.25, -0.2) is 0 Å². The SMILES string of the molecule is CN1[C@@H]2C[C@@H]2CC[C@H]1C(=O)O. The first-order chi connectivity index (χ1) is 5.20. The van der Waals surface area contributed by atoms with Crippen molar-refractivity contribution < 1.29 is 9.90 Å². The highest BCUT2D eigenvalue weighted by Crippen LogP contribution is 2.44. The summed E-state index contributed by atoms with van der Waals surface area (Å²) in [6.07, 6.45) is 3.18. The van der Waals surface area contributed by atoms with Crippen molar-refractivity contribution in [3.05, 3.63) is 0 Å². The van der Waals surface area contributed by atoms with Crippen molar-refractivity contribution in [2.45, 2.75) is 31.3 Å². The second kappa shape index (κ2) is 2.21. The van der Waals surface area contributed by atoms with Gasteiger partial charge in [-0.05, 0) is 32.2 Å². The quantitative estimate of drug-likeness (QED) is 0.601. The molecule has 0 amide bonds. The highest BCUT2D eigenvalue weighted by atomic mass is 16.4. The summed E-state index contributed by atoms with van der Waals surface area (Å²) >= 11 is 0. The number of hydrogen-bond acceptors (Lipinski definition) is 2. The number of aliphatic carboxylic acids is 1. The molecule has 2 aliphatic rings. The van der Waals surface area contributed by atoms with Crippen LogP contribution in [0.4, 0.5) is 0 Å². The summed E-state index contributed by atoms with van der Waals surface area (Å²) in [4.78, 5) is 12.7. The van der Waals surface area contributed by atoms with Crippen molar-refractivity contribution in [2.75, 3.05) is 7.05 Å². The van der Waals surface area contributed by atoms with Gasteiger partial charge in [-0.2, -0.15) is 0 Å². The van der Waals surface area contributed by atoms with Gasteiger partial charge in [0.15, 0.2) is 0 Å². The molecule has 62 valence electrons. The van der Waals surface area contributed by atoms with Gasteiger partial charge in [-0.3, -0.25) is 9.69 Å². The predicted octanol–water partition coefficient (Wildman–Crippen LogP) is 0.554. The molecule has 0 aromatic rings. The van der Waals surface area contributed by atoms with Crippen LogP contribution in [0.25, 0.3) is 0 Å². The lowest BCUT2D eigenvalue weighted by molar-refractivity contribution is -0.144. The van der Waals surface area contributed by atoms with E-state index in [0.29, 0.717) is 6.04 Å². The van der Waals surface area contributed by atoms with Crippen LogP contribution in [0.1, 0.15) is 19.3 Å². The first kappa shape index (κ1) is 7.10. The van der Waals surface area contributed by atoms with Crippen LogP contribution < -0.4 is 0 Å². The molecule has 0 bridgehead atoms. The van der Waals surface area contributed by atoms with Crippen LogP contribution in [-0.4, -0.2) is 35.1 Å². The lowest BCUT2D eigenvalue weighted by Crippen LogP contribution is -2.43. The second-order valence-electron chi connectivity index (χ2n) is 3.66. The molecule has 0 aromatic heterocycles. The fraction of sp³-hybridized carbons (Fsp3) is 0.875. The molecule has 0 unspecified atom stereocenters. The van der Waals surface area contributed by atoms with E-state index in [1.807, 2.05) is 11.9 Å². The Bertz CT molecular complexity index is 193. The lowest BCUT2D eigenvalue weighted by atomic mass is 10.0.